The van der Waals surface area contributed by atoms with Gasteiger partial charge in [-0.05, 0) is 35.9 Å². The Morgan fingerprint density at radius 3 is 2.54 bits per heavy atom. The number of hydrogen-bond acceptors (Lipinski definition) is 5. The third kappa shape index (κ3) is 6.31. The lowest BCUT2D eigenvalue weighted by atomic mass is 10.2. The van der Waals surface area contributed by atoms with Gasteiger partial charge < -0.3 is 15.8 Å². The van der Waals surface area contributed by atoms with Crippen LogP contribution in [0.5, 0.6) is 5.75 Å². The van der Waals surface area contributed by atoms with Crippen LogP contribution in [0, 0.1) is 22.0 Å². The van der Waals surface area contributed by atoms with Gasteiger partial charge in [-0.25, -0.2) is 0 Å². The van der Waals surface area contributed by atoms with Crippen LogP contribution in [-0.2, 0) is 4.79 Å². The summed E-state index contributed by atoms with van der Waals surface area (Å²) in [5.74, 6) is 4.85. The first-order valence-corrected chi connectivity index (χ1v) is 8.15. The van der Waals surface area contributed by atoms with Crippen LogP contribution in [-0.4, -0.2) is 29.9 Å². The molecule has 0 heterocycles. The number of carbonyl (C=O) groups is 2. The Morgan fingerprint density at radius 1 is 1.14 bits per heavy atom. The van der Waals surface area contributed by atoms with E-state index in [4.69, 9.17) is 10.5 Å². The van der Waals surface area contributed by atoms with E-state index >= 15 is 0 Å². The molecule has 0 fully saturated rings. The van der Waals surface area contributed by atoms with Crippen molar-refractivity contribution in [2.45, 2.75) is 0 Å². The van der Waals surface area contributed by atoms with Crippen LogP contribution in [0.4, 0.5) is 5.69 Å². The van der Waals surface area contributed by atoms with Crippen LogP contribution in [0.1, 0.15) is 15.9 Å². The Morgan fingerprint density at radius 2 is 1.86 bits per heavy atom. The average molecular weight is 379 g/mol. The van der Waals surface area contributed by atoms with E-state index in [0.717, 1.165) is 0 Å². The fourth-order valence-corrected chi connectivity index (χ4v) is 2.09. The molecule has 0 atom stereocenters. The standard InChI is InChI=1S/C20H17N3O5/c21-20(25)17-5-1-2-6-18(17)28-14-4-3-13-22-19(24)12-9-15-7-10-16(11-8-15)23(26)27/h1-2,5-12H,13-14H2,(H2,21,25)(H,22,24)/b12-9+. The van der Waals surface area contributed by atoms with E-state index in [-0.39, 0.29) is 30.3 Å². The number of nitrogens with two attached hydrogens (primary N) is 1. The van der Waals surface area contributed by atoms with Gasteiger partial charge in [0.25, 0.3) is 11.6 Å². The van der Waals surface area contributed by atoms with Crippen LogP contribution in [0.25, 0.3) is 6.08 Å². The number of primary amides is 1. The summed E-state index contributed by atoms with van der Waals surface area (Å²) in [5, 5.41) is 13.2. The Kier molecular flexibility index (Phi) is 7.31. The number of para-hydroxylation sites is 1. The number of benzene rings is 2. The maximum absolute atomic E-state index is 11.7. The lowest BCUT2D eigenvalue weighted by molar-refractivity contribution is -0.384. The van der Waals surface area contributed by atoms with Crippen molar-refractivity contribution in [3.05, 3.63) is 75.8 Å². The number of nitrogens with zero attached hydrogens (tertiary/aromatic N) is 1. The van der Waals surface area contributed by atoms with Gasteiger partial charge in [0.1, 0.15) is 12.4 Å². The van der Waals surface area contributed by atoms with E-state index in [1.165, 1.54) is 24.3 Å². The average Bonchev–Trinajstić information content (AvgIpc) is 2.69. The highest BCUT2D eigenvalue weighted by molar-refractivity contribution is 5.95. The molecule has 28 heavy (non-hydrogen) atoms. The molecule has 0 radical (unpaired) electrons. The SMILES string of the molecule is NC(=O)c1ccccc1OCC#CCNC(=O)/C=C/c1ccc([N+](=O)[O-])cc1. The fraction of sp³-hybridized carbons (Fsp3) is 0.100. The second kappa shape index (κ2) is 10.1. The first-order valence-electron chi connectivity index (χ1n) is 8.15. The van der Waals surface area contributed by atoms with Gasteiger partial charge in [0.2, 0.25) is 5.91 Å². The minimum absolute atomic E-state index is 0.0162. The highest BCUT2D eigenvalue weighted by Crippen LogP contribution is 2.16. The van der Waals surface area contributed by atoms with E-state index in [1.807, 2.05) is 0 Å². The molecule has 8 nitrogen and oxygen atoms in total. The van der Waals surface area contributed by atoms with Crippen molar-refractivity contribution >= 4 is 23.6 Å². The van der Waals surface area contributed by atoms with Gasteiger partial charge in [-0.3, -0.25) is 19.7 Å². The summed E-state index contributed by atoms with van der Waals surface area (Å²) in [6.45, 7) is 0.156. The van der Waals surface area contributed by atoms with Crippen molar-refractivity contribution in [1.29, 1.82) is 0 Å². The Hall–Kier alpha value is -4.12. The van der Waals surface area contributed by atoms with Crippen molar-refractivity contribution in [3.63, 3.8) is 0 Å². The van der Waals surface area contributed by atoms with E-state index in [2.05, 4.69) is 17.2 Å². The van der Waals surface area contributed by atoms with Crippen molar-refractivity contribution in [2.75, 3.05) is 13.2 Å². The third-order valence-electron chi connectivity index (χ3n) is 3.46. The molecular weight excluding hydrogens is 362 g/mol. The quantitative estimate of drug-likeness (QED) is 0.329. The molecule has 0 saturated carbocycles. The van der Waals surface area contributed by atoms with Crippen LogP contribution >= 0.6 is 0 Å². The number of non-ortho nitro benzene ring substituents is 1. The van der Waals surface area contributed by atoms with Crippen molar-refractivity contribution in [2.24, 2.45) is 5.73 Å². The normalized spacial score (nSPS) is 10.0. The summed E-state index contributed by atoms with van der Waals surface area (Å²) in [7, 11) is 0. The predicted molar refractivity (Wildman–Crippen MR) is 103 cm³/mol. The van der Waals surface area contributed by atoms with Gasteiger partial charge in [-0.1, -0.05) is 24.0 Å². The molecule has 0 unspecified atom stereocenters. The number of nitro benzene ring substituents is 1. The predicted octanol–water partition coefficient (Wildman–Crippen LogP) is 1.91. The van der Waals surface area contributed by atoms with E-state index in [1.54, 1.807) is 36.4 Å². The van der Waals surface area contributed by atoms with Gasteiger partial charge in [0, 0.05) is 18.2 Å². The second-order valence-corrected chi connectivity index (χ2v) is 5.40. The summed E-state index contributed by atoms with van der Waals surface area (Å²) < 4.78 is 5.39. The molecule has 0 aliphatic carbocycles. The van der Waals surface area contributed by atoms with Gasteiger partial charge >= 0.3 is 0 Å². The second-order valence-electron chi connectivity index (χ2n) is 5.40. The minimum Gasteiger partial charge on any atom is -0.480 e. The molecule has 0 bridgehead atoms. The molecule has 0 aromatic heterocycles. The summed E-state index contributed by atoms with van der Waals surface area (Å²) >= 11 is 0. The Bertz CT molecular complexity index is 956. The number of carbonyl (C=O) groups excluding carboxylic acids is 2. The molecule has 2 amide bonds. The number of hydrogen-bond donors (Lipinski definition) is 2. The zero-order valence-corrected chi connectivity index (χ0v) is 14.8. The number of amides is 2. The molecule has 142 valence electrons. The summed E-state index contributed by atoms with van der Waals surface area (Å²) in [6.07, 6.45) is 2.85. The summed E-state index contributed by atoms with van der Waals surface area (Å²) in [4.78, 5) is 33.1. The van der Waals surface area contributed by atoms with Gasteiger partial charge in [0.05, 0.1) is 17.0 Å². The van der Waals surface area contributed by atoms with Gasteiger partial charge in [-0.15, -0.1) is 0 Å². The lowest BCUT2D eigenvalue weighted by Crippen LogP contribution is -2.21. The van der Waals surface area contributed by atoms with Crippen LogP contribution < -0.4 is 15.8 Å². The smallest absolute Gasteiger partial charge is 0.269 e. The van der Waals surface area contributed by atoms with E-state index in [0.29, 0.717) is 11.3 Å². The Balaban J connectivity index is 1.76. The minimum atomic E-state index is -0.587. The summed E-state index contributed by atoms with van der Waals surface area (Å²) in [5.41, 5.74) is 6.17. The lowest BCUT2D eigenvalue weighted by Gasteiger charge is -2.05. The maximum atomic E-state index is 11.7. The molecule has 0 aliphatic heterocycles. The molecule has 8 heteroatoms. The van der Waals surface area contributed by atoms with Crippen LogP contribution in [0.15, 0.2) is 54.6 Å². The van der Waals surface area contributed by atoms with Crippen molar-refractivity contribution in [1.82, 2.24) is 5.32 Å². The van der Waals surface area contributed by atoms with Crippen molar-refractivity contribution in [3.8, 4) is 17.6 Å². The highest BCUT2D eigenvalue weighted by atomic mass is 16.6. The van der Waals surface area contributed by atoms with E-state index in [9.17, 15) is 19.7 Å². The van der Waals surface area contributed by atoms with E-state index < -0.39 is 10.8 Å². The molecule has 2 rings (SSSR count). The molecule has 0 saturated heterocycles. The van der Waals surface area contributed by atoms with Gasteiger partial charge in [-0.2, -0.15) is 0 Å². The molecule has 3 N–H and O–H groups in total. The molecule has 2 aromatic rings. The number of nitrogens with one attached hydrogen (secondary N) is 1. The zero-order chi connectivity index (χ0) is 20.4. The first kappa shape index (κ1) is 20.2. The molecule has 2 aromatic carbocycles. The molecule has 0 aliphatic rings. The molecular formula is C20H17N3O5. The van der Waals surface area contributed by atoms with Crippen LogP contribution in [0.3, 0.4) is 0 Å². The number of rotatable bonds is 7. The fourth-order valence-electron chi connectivity index (χ4n) is 2.09. The zero-order valence-electron chi connectivity index (χ0n) is 14.8. The van der Waals surface area contributed by atoms with Gasteiger partial charge in [0.15, 0.2) is 0 Å². The van der Waals surface area contributed by atoms with Crippen molar-refractivity contribution < 1.29 is 19.2 Å². The summed E-state index contributed by atoms with van der Waals surface area (Å²) in [6, 6.07) is 12.4. The monoisotopic (exact) mass is 379 g/mol. The first-order chi connectivity index (χ1) is 13.5. The Labute approximate surface area is 161 Å². The number of nitro groups is 1. The topological polar surface area (TPSA) is 125 Å². The third-order valence-corrected chi connectivity index (χ3v) is 3.46. The molecule has 0 spiro atoms. The van der Waals surface area contributed by atoms with Crippen LogP contribution in [0.2, 0.25) is 0 Å². The number of ether oxygens (including phenoxy) is 1. The highest BCUT2D eigenvalue weighted by Gasteiger charge is 2.07. The largest absolute Gasteiger partial charge is 0.480 e. The maximum Gasteiger partial charge on any atom is 0.269 e.